The molecule has 0 N–H and O–H groups in total. The molecule has 0 heterocycles. The molecular formula is C33H42O3Si2Ti. The summed E-state index contributed by atoms with van der Waals surface area (Å²) < 4.78 is 0. The summed E-state index contributed by atoms with van der Waals surface area (Å²) in [6, 6.07) is 25.0. The quantitative estimate of drug-likeness (QED) is 0.181. The Morgan fingerprint density at radius 1 is 0.564 bits per heavy atom. The minimum Gasteiger partial charge on any atom is -0.872 e. The van der Waals surface area contributed by atoms with E-state index in [-0.39, 0.29) is 39.0 Å². The number of allylic oxidation sites excluding steroid dienone is 6. The van der Waals surface area contributed by atoms with Crippen molar-refractivity contribution >= 4 is 16.1 Å². The zero-order valence-electron chi connectivity index (χ0n) is 24.1. The Bertz CT molecular complexity index is 948. The molecule has 0 saturated heterocycles. The summed E-state index contributed by atoms with van der Waals surface area (Å²) >= 11 is 0. The van der Waals surface area contributed by atoms with E-state index in [1.54, 1.807) is 36.4 Å². The van der Waals surface area contributed by atoms with Crippen LogP contribution in [-0.4, -0.2) is 16.1 Å². The van der Waals surface area contributed by atoms with Gasteiger partial charge in [0.05, 0.1) is 16.1 Å². The average molecular weight is 591 g/mol. The first kappa shape index (κ1) is 38.3. The summed E-state index contributed by atoms with van der Waals surface area (Å²) in [7, 11) is -1.94. The number of hydrogen-bond acceptors (Lipinski definition) is 3. The molecule has 39 heavy (non-hydrogen) atoms. The fourth-order valence-corrected chi connectivity index (χ4v) is 3.67. The molecule has 0 radical (unpaired) electrons. The van der Waals surface area contributed by atoms with Gasteiger partial charge < -0.3 is 15.3 Å². The van der Waals surface area contributed by atoms with Crippen LogP contribution in [0.4, 0.5) is 0 Å². The molecule has 1 aliphatic carbocycles. The Hall–Kier alpha value is -2.83. The van der Waals surface area contributed by atoms with Crippen molar-refractivity contribution in [1.82, 2.24) is 0 Å². The topological polar surface area (TPSA) is 69.2 Å². The van der Waals surface area contributed by atoms with Crippen molar-refractivity contribution in [1.29, 1.82) is 0 Å². The molecule has 3 aromatic carbocycles. The van der Waals surface area contributed by atoms with E-state index in [9.17, 15) is 15.3 Å². The molecule has 3 aromatic rings. The largest absolute Gasteiger partial charge is 4.00 e. The van der Waals surface area contributed by atoms with Crippen molar-refractivity contribution < 1.29 is 37.0 Å². The normalized spacial score (nSPS) is 11.4. The van der Waals surface area contributed by atoms with Gasteiger partial charge >= 0.3 is 21.7 Å². The molecule has 0 aliphatic heterocycles. The summed E-state index contributed by atoms with van der Waals surface area (Å²) in [6.07, 6.45) is 14.5. The van der Waals surface area contributed by atoms with Gasteiger partial charge in [0.25, 0.3) is 0 Å². The third-order valence-electron chi connectivity index (χ3n) is 4.12. The van der Waals surface area contributed by atoms with Crippen LogP contribution in [0.25, 0.3) is 0 Å². The predicted octanol–water partition coefficient (Wildman–Crippen LogP) is 7.44. The van der Waals surface area contributed by atoms with E-state index < -0.39 is 16.1 Å². The van der Waals surface area contributed by atoms with Crippen molar-refractivity contribution in [2.24, 2.45) is 0 Å². The van der Waals surface area contributed by atoms with Crippen molar-refractivity contribution in [2.75, 3.05) is 0 Å². The van der Waals surface area contributed by atoms with Gasteiger partial charge in [0, 0.05) is 0 Å². The Morgan fingerprint density at radius 2 is 0.872 bits per heavy atom. The first-order valence-electron chi connectivity index (χ1n) is 12.6. The van der Waals surface area contributed by atoms with Gasteiger partial charge in [-0.2, -0.15) is 6.08 Å². The van der Waals surface area contributed by atoms with Gasteiger partial charge in [-0.05, 0) is 0 Å². The van der Waals surface area contributed by atoms with Crippen molar-refractivity contribution in [2.45, 2.75) is 45.7 Å². The SMILES string of the molecule is C[Si](C)(C)C=CC=C[Si](C)(C)C.[C-]1=CC=CC1.[O-]c1ccccc1.[O-]c1ccccc1.[O-]c1ccccc1.[Ti+4]. The molecule has 0 saturated carbocycles. The van der Waals surface area contributed by atoms with Gasteiger partial charge in [0.2, 0.25) is 0 Å². The van der Waals surface area contributed by atoms with E-state index >= 15 is 0 Å². The molecule has 4 rings (SSSR count). The van der Waals surface area contributed by atoms with Gasteiger partial charge in [-0.15, -0.1) is 23.7 Å². The van der Waals surface area contributed by atoms with E-state index in [1.165, 1.54) is 36.4 Å². The van der Waals surface area contributed by atoms with Crippen LogP contribution >= 0.6 is 0 Å². The summed E-state index contributed by atoms with van der Waals surface area (Å²) in [4.78, 5) is 0. The van der Waals surface area contributed by atoms with Gasteiger partial charge in [0.1, 0.15) is 0 Å². The van der Waals surface area contributed by atoms with Crippen LogP contribution < -0.4 is 15.3 Å². The zero-order chi connectivity index (χ0) is 28.7. The van der Waals surface area contributed by atoms with Crippen LogP contribution in [0, 0.1) is 6.08 Å². The average Bonchev–Trinajstić information content (AvgIpc) is 3.44. The zero-order valence-corrected chi connectivity index (χ0v) is 27.7. The van der Waals surface area contributed by atoms with Gasteiger partial charge in [0.15, 0.2) is 0 Å². The van der Waals surface area contributed by atoms with Crippen LogP contribution in [0.2, 0.25) is 39.3 Å². The fourth-order valence-electron chi connectivity index (χ4n) is 2.29. The van der Waals surface area contributed by atoms with E-state index in [1.807, 2.05) is 30.4 Å². The molecular weight excluding hydrogens is 548 g/mol. The van der Waals surface area contributed by atoms with Gasteiger partial charge in [-0.25, -0.2) is 12.2 Å². The summed E-state index contributed by atoms with van der Waals surface area (Å²) in [6.45, 7) is 14.1. The number of hydrogen-bond donors (Lipinski definition) is 0. The minimum absolute atomic E-state index is 0. The molecule has 0 atom stereocenters. The Kier molecular flexibility index (Phi) is 22.7. The first-order valence-corrected chi connectivity index (χ1v) is 19.8. The maximum Gasteiger partial charge on any atom is 4.00 e. The second kappa shape index (κ2) is 23.1. The molecule has 0 spiro atoms. The molecule has 3 nitrogen and oxygen atoms in total. The molecule has 0 amide bonds. The summed E-state index contributed by atoms with van der Waals surface area (Å²) in [5.41, 5.74) is 4.76. The second-order valence-electron chi connectivity index (χ2n) is 10.4. The van der Waals surface area contributed by atoms with Crippen LogP contribution in [-0.2, 0) is 21.7 Å². The molecule has 6 heteroatoms. The Labute approximate surface area is 253 Å². The molecule has 0 bridgehead atoms. The number of rotatable bonds is 3. The van der Waals surface area contributed by atoms with Crippen LogP contribution in [0.1, 0.15) is 6.42 Å². The third-order valence-corrected chi connectivity index (χ3v) is 6.50. The molecule has 1 aliphatic rings. The van der Waals surface area contributed by atoms with E-state index in [4.69, 9.17) is 0 Å². The first-order chi connectivity index (χ1) is 17.9. The minimum atomic E-state index is -0.970. The van der Waals surface area contributed by atoms with E-state index in [0.29, 0.717) is 0 Å². The molecule has 0 fully saturated rings. The van der Waals surface area contributed by atoms with Crippen molar-refractivity contribution in [3.63, 3.8) is 0 Å². The third kappa shape index (κ3) is 31.3. The van der Waals surface area contributed by atoms with Crippen molar-refractivity contribution in [3.05, 3.63) is 139 Å². The standard InChI is InChI=1S/C10H22Si2.3C6H6O.C5H5.Ti/c1-11(2,3)9-7-8-10-12(4,5)6;3*7-6-4-2-1-3-5-6;1-2-4-5-3-1;/h7-10H,1-6H3;3*1-5,7H;1-3H,4H2;/q;;;;-1;+4/p-3. The van der Waals surface area contributed by atoms with E-state index in [0.717, 1.165) is 6.42 Å². The fraction of sp³-hybridized carbons (Fsp3) is 0.212. The predicted molar refractivity (Wildman–Crippen MR) is 164 cm³/mol. The maximum atomic E-state index is 10.3. The maximum absolute atomic E-state index is 10.3. The number of benzene rings is 3. The van der Waals surface area contributed by atoms with Crippen molar-refractivity contribution in [3.8, 4) is 17.2 Å². The second-order valence-corrected chi connectivity index (χ2v) is 20.5. The monoisotopic (exact) mass is 590 g/mol. The van der Waals surface area contributed by atoms with Gasteiger partial charge in [-0.3, -0.25) is 6.08 Å². The molecule has 0 aromatic heterocycles. The smallest absolute Gasteiger partial charge is 0.872 e. The van der Waals surface area contributed by atoms with E-state index in [2.05, 4.69) is 75.0 Å². The van der Waals surface area contributed by atoms with Crippen LogP contribution in [0.15, 0.2) is 133 Å². The van der Waals surface area contributed by atoms with Gasteiger partial charge in [-0.1, -0.05) is 154 Å². The van der Waals surface area contributed by atoms with Crippen LogP contribution in [0.5, 0.6) is 17.2 Å². The summed E-state index contributed by atoms with van der Waals surface area (Å²) in [5, 5.41) is 30.8. The molecule has 0 unspecified atom stereocenters. The van der Waals surface area contributed by atoms with Crippen LogP contribution in [0.3, 0.4) is 0 Å². The number of para-hydroxylation sites is 3. The Balaban J connectivity index is 0. The Morgan fingerprint density at radius 3 is 1.00 bits per heavy atom. The summed E-state index contributed by atoms with van der Waals surface area (Å²) in [5.74, 6) is 0.215. The molecule has 204 valence electrons.